The quantitative estimate of drug-likeness (QED) is 0.758. The first-order valence-electron chi connectivity index (χ1n) is 7.85. The van der Waals surface area contributed by atoms with Crippen molar-refractivity contribution in [1.29, 1.82) is 0 Å². The number of aromatic nitrogens is 1. The van der Waals surface area contributed by atoms with Crippen LogP contribution in [0.2, 0.25) is 0 Å². The Morgan fingerprint density at radius 3 is 2.23 bits per heavy atom. The van der Waals surface area contributed by atoms with E-state index in [1.165, 1.54) is 25.2 Å². The Balaban J connectivity index is 2.14. The van der Waals surface area contributed by atoms with Crippen molar-refractivity contribution in [2.75, 3.05) is 4.72 Å². The molecule has 0 amide bonds. The van der Waals surface area contributed by atoms with Crippen molar-refractivity contribution in [2.45, 2.75) is 25.7 Å². The Morgan fingerprint density at radius 2 is 1.62 bits per heavy atom. The van der Waals surface area contributed by atoms with Crippen molar-refractivity contribution in [3.63, 3.8) is 0 Å². The minimum absolute atomic E-state index is 0.0207. The van der Waals surface area contributed by atoms with Crippen molar-refractivity contribution in [3.05, 3.63) is 68.0 Å². The Bertz CT molecular complexity index is 1230. The molecule has 0 aliphatic carbocycles. The molecule has 0 unspecified atom stereocenters. The monoisotopic (exact) mass is 374 g/mol. The first kappa shape index (κ1) is 17.9. The fourth-order valence-corrected chi connectivity index (χ4v) is 4.20. The number of sulfonamides is 1. The third-order valence-corrected chi connectivity index (χ3v) is 5.57. The van der Waals surface area contributed by atoms with E-state index in [0.29, 0.717) is 11.2 Å². The molecule has 2 aromatic carbocycles. The van der Waals surface area contributed by atoms with Gasteiger partial charge in [0.05, 0.1) is 21.5 Å². The second-order valence-corrected chi connectivity index (χ2v) is 7.96. The molecule has 26 heavy (non-hydrogen) atoms. The van der Waals surface area contributed by atoms with Crippen LogP contribution in [0.5, 0.6) is 0 Å². The van der Waals surface area contributed by atoms with Crippen LogP contribution in [-0.2, 0) is 17.1 Å². The van der Waals surface area contributed by atoms with Gasteiger partial charge in [0.15, 0.2) is 0 Å². The molecular weight excluding hydrogens is 356 g/mol. The summed E-state index contributed by atoms with van der Waals surface area (Å²) in [7, 11) is -2.48. The van der Waals surface area contributed by atoms with Crippen LogP contribution in [-0.4, -0.2) is 13.0 Å². The third kappa shape index (κ3) is 3.03. The number of hydrogen-bond acceptors (Lipinski definition) is 5. The topological polar surface area (TPSA) is 98.4 Å². The van der Waals surface area contributed by atoms with Gasteiger partial charge in [-0.3, -0.25) is 9.29 Å². The summed E-state index contributed by atoms with van der Waals surface area (Å²) in [5, 5.41) is 0.0207. The molecule has 0 spiro atoms. The molecule has 0 aliphatic rings. The fourth-order valence-electron chi connectivity index (χ4n) is 2.97. The summed E-state index contributed by atoms with van der Waals surface area (Å²) in [6.45, 7) is 5.58. The summed E-state index contributed by atoms with van der Waals surface area (Å²) in [4.78, 5) is 23.4. The zero-order chi connectivity index (χ0) is 19.2. The van der Waals surface area contributed by atoms with E-state index in [1.54, 1.807) is 0 Å². The molecule has 0 bridgehead atoms. The molecule has 7 nitrogen and oxygen atoms in total. The van der Waals surface area contributed by atoms with Gasteiger partial charge in [0.1, 0.15) is 0 Å². The van der Waals surface area contributed by atoms with Crippen LogP contribution in [0.4, 0.5) is 5.69 Å². The maximum atomic E-state index is 12.8. The van der Waals surface area contributed by atoms with Crippen LogP contribution in [0.25, 0.3) is 10.9 Å². The van der Waals surface area contributed by atoms with Crippen molar-refractivity contribution >= 4 is 26.6 Å². The second kappa shape index (κ2) is 6.14. The van der Waals surface area contributed by atoms with E-state index in [0.717, 1.165) is 21.3 Å². The molecule has 1 N–H and O–H groups in total. The van der Waals surface area contributed by atoms with Gasteiger partial charge in [-0.05, 0) is 50.1 Å². The Kier molecular flexibility index (Phi) is 4.23. The highest BCUT2D eigenvalue weighted by atomic mass is 32.2. The molecule has 0 radical (unpaired) electrons. The fraction of sp³-hybridized carbons (Fsp3) is 0.222. The van der Waals surface area contributed by atoms with Gasteiger partial charge in [0, 0.05) is 7.05 Å². The maximum Gasteiger partial charge on any atom is 0.422 e. The number of fused-ring (bicyclic) bond motifs is 1. The number of rotatable bonds is 3. The lowest BCUT2D eigenvalue weighted by atomic mass is 10.1. The van der Waals surface area contributed by atoms with E-state index < -0.39 is 21.4 Å². The SMILES string of the molecule is Cc1cc(C)c(NS(=O)(=O)c2ccc3c(c2)c(=O)oc(=O)n3C)c(C)c1. The number of nitrogens with one attached hydrogen (secondary N) is 1. The standard InChI is InChI=1S/C18H18N2O5S/c1-10-7-11(2)16(12(3)8-10)19-26(23,24)13-5-6-15-14(9-13)17(21)25-18(22)20(15)4/h5-9,19H,1-4H3. The smallest absolute Gasteiger partial charge is 0.372 e. The molecule has 3 rings (SSSR count). The van der Waals surface area contributed by atoms with Crippen LogP contribution in [0.15, 0.2) is 49.2 Å². The predicted octanol–water partition coefficient (Wildman–Crippen LogP) is 2.22. The van der Waals surface area contributed by atoms with Gasteiger partial charge in [0.2, 0.25) is 0 Å². The average Bonchev–Trinajstić information content (AvgIpc) is 2.55. The van der Waals surface area contributed by atoms with Gasteiger partial charge in [-0.25, -0.2) is 18.0 Å². The Hall–Kier alpha value is -2.87. The van der Waals surface area contributed by atoms with Gasteiger partial charge in [-0.1, -0.05) is 17.7 Å². The summed E-state index contributed by atoms with van der Waals surface area (Å²) in [5.74, 6) is -0.804. The number of aryl methyl sites for hydroxylation is 4. The molecule has 0 atom stereocenters. The summed E-state index contributed by atoms with van der Waals surface area (Å²) < 4.78 is 33.9. The highest BCUT2D eigenvalue weighted by Crippen LogP contribution is 2.25. The molecule has 136 valence electrons. The lowest BCUT2D eigenvalue weighted by molar-refractivity contribution is 0.432. The van der Waals surface area contributed by atoms with Crippen LogP contribution < -0.4 is 16.1 Å². The van der Waals surface area contributed by atoms with E-state index in [-0.39, 0.29) is 10.3 Å². The van der Waals surface area contributed by atoms with Gasteiger partial charge in [-0.15, -0.1) is 0 Å². The third-order valence-electron chi connectivity index (χ3n) is 4.23. The summed E-state index contributed by atoms with van der Waals surface area (Å²) >= 11 is 0. The van der Waals surface area contributed by atoms with Gasteiger partial charge < -0.3 is 4.42 Å². The minimum Gasteiger partial charge on any atom is -0.372 e. The van der Waals surface area contributed by atoms with Gasteiger partial charge in [0.25, 0.3) is 10.0 Å². The van der Waals surface area contributed by atoms with E-state index in [9.17, 15) is 18.0 Å². The first-order valence-corrected chi connectivity index (χ1v) is 9.33. The molecule has 1 aromatic heterocycles. The summed E-state index contributed by atoms with van der Waals surface area (Å²) in [5.41, 5.74) is 2.56. The van der Waals surface area contributed by atoms with Crippen molar-refractivity contribution in [2.24, 2.45) is 7.05 Å². The van der Waals surface area contributed by atoms with Gasteiger partial charge >= 0.3 is 11.4 Å². The largest absolute Gasteiger partial charge is 0.422 e. The number of hydrogen-bond donors (Lipinski definition) is 1. The van der Waals surface area contributed by atoms with Gasteiger partial charge in [-0.2, -0.15) is 0 Å². The number of benzene rings is 2. The summed E-state index contributed by atoms with van der Waals surface area (Å²) in [6.07, 6.45) is 0. The molecule has 8 heteroatoms. The highest BCUT2D eigenvalue weighted by Gasteiger charge is 2.19. The normalized spacial score (nSPS) is 11.7. The van der Waals surface area contributed by atoms with Crippen molar-refractivity contribution < 1.29 is 12.8 Å². The average molecular weight is 374 g/mol. The lowest BCUT2D eigenvalue weighted by Gasteiger charge is -2.14. The molecule has 0 saturated heterocycles. The predicted molar refractivity (Wildman–Crippen MR) is 99.2 cm³/mol. The van der Waals surface area contributed by atoms with E-state index in [1.807, 2.05) is 32.9 Å². The lowest BCUT2D eigenvalue weighted by Crippen LogP contribution is -2.23. The van der Waals surface area contributed by atoms with Crippen LogP contribution in [0, 0.1) is 20.8 Å². The zero-order valence-electron chi connectivity index (χ0n) is 14.8. The van der Waals surface area contributed by atoms with Crippen LogP contribution in [0.1, 0.15) is 16.7 Å². The zero-order valence-corrected chi connectivity index (χ0v) is 15.6. The van der Waals surface area contributed by atoms with Crippen molar-refractivity contribution in [1.82, 2.24) is 4.57 Å². The molecule has 0 fully saturated rings. The molecule has 1 heterocycles. The summed E-state index contributed by atoms with van der Waals surface area (Å²) in [6, 6.07) is 7.74. The first-order chi connectivity index (χ1) is 12.1. The number of anilines is 1. The van der Waals surface area contributed by atoms with E-state index in [2.05, 4.69) is 9.14 Å². The molecule has 3 aromatic rings. The van der Waals surface area contributed by atoms with Crippen LogP contribution in [0.3, 0.4) is 0 Å². The maximum absolute atomic E-state index is 12.8. The van der Waals surface area contributed by atoms with E-state index >= 15 is 0 Å². The molecule has 0 saturated carbocycles. The van der Waals surface area contributed by atoms with Crippen molar-refractivity contribution in [3.8, 4) is 0 Å². The molecular formula is C18H18N2O5S. The number of nitrogens with zero attached hydrogens (tertiary/aromatic N) is 1. The Labute approximate surface area is 149 Å². The van der Waals surface area contributed by atoms with E-state index in [4.69, 9.17) is 0 Å². The minimum atomic E-state index is -3.92. The highest BCUT2D eigenvalue weighted by molar-refractivity contribution is 7.92. The molecule has 0 aliphatic heterocycles. The second-order valence-electron chi connectivity index (χ2n) is 6.27. The van der Waals surface area contributed by atoms with Crippen LogP contribution >= 0.6 is 0 Å². The Morgan fingerprint density at radius 1 is 1.00 bits per heavy atom.